The van der Waals surface area contributed by atoms with Gasteiger partial charge in [0.15, 0.2) is 0 Å². The molecule has 3 fully saturated rings. The zero-order valence-corrected chi connectivity index (χ0v) is 22.7. The first-order chi connectivity index (χ1) is 19.5. The smallest absolute Gasteiger partial charge is 0.337 e. The lowest BCUT2D eigenvalue weighted by Crippen LogP contribution is -2.53. The minimum absolute atomic E-state index is 0.206. The van der Waals surface area contributed by atoms with Crippen LogP contribution in [-0.2, 0) is 4.74 Å². The number of nitrogens with one attached hydrogen (secondary N) is 3. The molecule has 2 bridgehead atoms. The first-order valence-corrected chi connectivity index (χ1v) is 13.9. The summed E-state index contributed by atoms with van der Waals surface area (Å²) in [5.41, 5.74) is 5.21. The topological polar surface area (TPSA) is 103 Å². The number of H-pyrrole nitrogens is 2. The van der Waals surface area contributed by atoms with Crippen LogP contribution in [0.3, 0.4) is 0 Å². The second-order valence-electron chi connectivity index (χ2n) is 10.6. The van der Waals surface area contributed by atoms with Gasteiger partial charge in [-0.25, -0.2) is 9.78 Å². The number of halogens is 1. The number of piperidine rings is 3. The fourth-order valence-electron chi connectivity index (χ4n) is 6.23. The molecule has 5 heterocycles. The molecule has 40 heavy (non-hydrogen) atoms. The Morgan fingerprint density at radius 1 is 1.05 bits per heavy atom. The summed E-state index contributed by atoms with van der Waals surface area (Å²) >= 11 is 6.78. The van der Waals surface area contributed by atoms with Crippen molar-refractivity contribution < 1.29 is 9.53 Å². The number of hydrogen-bond acceptors (Lipinski definition) is 6. The highest BCUT2D eigenvalue weighted by Crippen LogP contribution is 2.39. The monoisotopic (exact) mass is 553 g/mol. The third kappa shape index (κ3) is 4.24. The highest BCUT2D eigenvalue weighted by Gasteiger charge is 2.35. The van der Waals surface area contributed by atoms with E-state index in [4.69, 9.17) is 21.3 Å². The molecule has 0 saturated carbocycles. The zero-order chi connectivity index (χ0) is 27.4. The maximum absolute atomic E-state index is 13.7. The van der Waals surface area contributed by atoms with Crippen molar-refractivity contribution in [2.24, 2.45) is 5.92 Å². The van der Waals surface area contributed by atoms with Crippen molar-refractivity contribution in [1.29, 1.82) is 0 Å². The van der Waals surface area contributed by atoms with Gasteiger partial charge < -0.3 is 24.9 Å². The summed E-state index contributed by atoms with van der Waals surface area (Å²) in [6.07, 6.45) is 2.27. The Kier molecular flexibility index (Phi) is 6.09. The Hall–Kier alpha value is -4.14. The summed E-state index contributed by atoms with van der Waals surface area (Å²) in [6.45, 7) is 3.16. The third-order valence-electron chi connectivity index (χ3n) is 8.31. The number of nitrogens with zero attached hydrogens (tertiary/aromatic N) is 2. The van der Waals surface area contributed by atoms with Gasteiger partial charge in [-0.1, -0.05) is 35.9 Å². The Bertz CT molecular complexity index is 1800. The SMILES string of the molecule is COC(=O)c1cccc(-c2cc3c(N[C@H]4CN5CCC4CC5)c(-c4nc5ccccc5[nH]4)c(=O)[nH]c3cc2Cl)c1. The van der Waals surface area contributed by atoms with Crippen molar-refractivity contribution in [2.45, 2.75) is 18.9 Å². The molecule has 3 aromatic carbocycles. The van der Waals surface area contributed by atoms with Crippen LogP contribution in [0.5, 0.6) is 0 Å². The molecule has 1 atom stereocenters. The van der Waals surface area contributed by atoms with Crippen molar-refractivity contribution in [1.82, 2.24) is 19.9 Å². The molecule has 2 aromatic heterocycles. The summed E-state index contributed by atoms with van der Waals surface area (Å²) < 4.78 is 4.92. The van der Waals surface area contributed by atoms with Gasteiger partial charge in [-0.2, -0.15) is 0 Å². The number of hydrogen-bond donors (Lipinski definition) is 3. The molecule has 5 aromatic rings. The van der Waals surface area contributed by atoms with Crippen LogP contribution in [0, 0.1) is 5.92 Å². The van der Waals surface area contributed by atoms with Crippen LogP contribution in [-0.4, -0.2) is 58.6 Å². The van der Waals surface area contributed by atoms with Gasteiger partial charge in [-0.05, 0) is 73.8 Å². The number of carbonyl (C=O) groups is 1. The number of anilines is 1. The summed E-state index contributed by atoms with van der Waals surface area (Å²) in [4.78, 5) is 39.6. The van der Waals surface area contributed by atoms with Gasteiger partial charge in [0.1, 0.15) is 11.4 Å². The lowest BCUT2D eigenvalue weighted by atomic mass is 9.83. The Balaban J connectivity index is 1.45. The van der Waals surface area contributed by atoms with Crippen LogP contribution in [0.15, 0.2) is 65.5 Å². The zero-order valence-electron chi connectivity index (χ0n) is 22.0. The molecular formula is C31H28ClN5O3. The molecule has 3 aliphatic heterocycles. The van der Waals surface area contributed by atoms with E-state index < -0.39 is 5.97 Å². The molecule has 0 aliphatic carbocycles. The summed E-state index contributed by atoms with van der Waals surface area (Å²) in [7, 11) is 1.36. The van der Waals surface area contributed by atoms with E-state index in [9.17, 15) is 9.59 Å². The quantitative estimate of drug-likeness (QED) is 0.242. The molecule has 0 amide bonds. The van der Waals surface area contributed by atoms with E-state index in [1.807, 2.05) is 36.4 Å². The Morgan fingerprint density at radius 2 is 1.88 bits per heavy atom. The van der Waals surface area contributed by atoms with E-state index >= 15 is 0 Å². The molecule has 202 valence electrons. The average Bonchev–Trinajstić information content (AvgIpc) is 3.41. The number of fused-ring (bicyclic) bond motifs is 5. The minimum atomic E-state index is -0.417. The number of esters is 1. The number of rotatable bonds is 5. The lowest BCUT2D eigenvalue weighted by molar-refractivity contribution is 0.0601. The van der Waals surface area contributed by atoms with E-state index in [0.29, 0.717) is 33.4 Å². The van der Waals surface area contributed by atoms with E-state index in [0.717, 1.165) is 65.7 Å². The average molecular weight is 554 g/mol. The van der Waals surface area contributed by atoms with Crippen LogP contribution >= 0.6 is 11.6 Å². The largest absolute Gasteiger partial charge is 0.465 e. The first kappa shape index (κ1) is 24.9. The van der Waals surface area contributed by atoms with E-state index in [-0.39, 0.29) is 11.6 Å². The molecule has 3 N–H and O–H groups in total. The molecular weight excluding hydrogens is 526 g/mol. The standard InChI is InChI=1S/C31H28ClN5O3/c1-40-31(39)19-6-4-5-18(13-19)20-14-21-25(15-22(20)32)36-30(38)27(29-34-23-7-2-3-8-24(23)35-29)28(21)33-26-16-37-11-9-17(26)10-12-37/h2-8,13-15,17,26H,9-12,16H2,1H3,(H,34,35)(H2,33,36,38)/t26-/m0/s1. The van der Waals surface area contributed by atoms with E-state index in [1.165, 1.54) is 7.11 Å². The number of ether oxygens (including phenoxy) is 1. The predicted octanol–water partition coefficient (Wildman–Crippen LogP) is 5.68. The van der Waals surface area contributed by atoms with Crippen LogP contribution in [0.2, 0.25) is 5.02 Å². The number of para-hydroxylation sites is 2. The fourth-order valence-corrected chi connectivity index (χ4v) is 6.50. The van der Waals surface area contributed by atoms with Gasteiger partial charge in [0, 0.05) is 23.5 Å². The van der Waals surface area contributed by atoms with Crippen LogP contribution in [0.4, 0.5) is 5.69 Å². The summed E-state index contributed by atoms with van der Waals surface area (Å²) in [5.74, 6) is 0.628. The maximum atomic E-state index is 13.7. The van der Waals surface area contributed by atoms with E-state index in [2.05, 4.69) is 20.2 Å². The molecule has 0 unspecified atom stereocenters. The van der Waals surface area contributed by atoms with Crippen molar-refractivity contribution in [3.05, 3.63) is 81.6 Å². The van der Waals surface area contributed by atoms with Crippen molar-refractivity contribution in [3.63, 3.8) is 0 Å². The van der Waals surface area contributed by atoms with Crippen molar-refractivity contribution in [2.75, 3.05) is 32.1 Å². The number of imidazole rings is 1. The number of benzene rings is 3. The molecule has 3 aliphatic rings. The van der Waals surface area contributed by atoms with Gasteiger partial charge in [0.2, 0.25) is 0 Å². The molecule has 9 heteroatoms. The first-order valence-electron chi connectivity index (χ1n) is 13.5. The second kappa shape index (κ2) is 9.80. The second-order valence-corrected chi connectivity index (χ2v) is 11.1. The summed E-state index contributed by atoms with van der Waals surface area (Å²) in [6, 6.07) is 18.9. The Morgan fingerprint density at radius 3 is 2.62 bits per heavy atom. The summed E-state index contributed by atoms with van der Waals surface area (Å²) in [5, 5.41) is 5.10. The highest BCUT2D eigenvalue weighted by molar-refractivity contribution is 6.34. The molecule has 8 rings (SSSR count). The minimum Gasteiger partial charge on any atom is -0.465 e. The lowest BCUT2D eigenvalue weighted by Gasteiger charge is -2.45. The van der Waals surface area contributed by atoms with Gasteiger partial charge in [-0.15, -0.1) is 0 Å². The van der Waals surface area contributed by atoms with Gasteiger partial charge in [-0.3, -0.25) is 4.79 Å². The van der Waals surface area contributed by atoms with E-state index in [1.54, 1.807) is 24.3 Å². The van der Waals surface area contributed by atoms with Crippen molar-refractivity contribution >= 4 is 45.2 Å². The van der Waals surface area contributed by atoms with Crippen LogP contribution in [0.25, 0.3) is 44.5 Å². The Labute approximate surface area is 235 Å². The fraction of sp³-hybridized carbons (Fsp3) is 0.258. The normalized spacial score (nSPS) is 20.2. The molecule has 3 saturated heterocycles. The molecule has 0 spiro atoms. The molecule has 8 nitrogen and oxygen atoms in total. The number of pyridine rings is 1. The van der Waals surface area contributed by atoms with Crippen LogP contribution in [0.1, 0.15) is 23.2 Å². The van der Waals surface area contributed by atoms with Crippen molar-refractivity contribution in [3.8, 4) is 22.5 Å². The number of carbonyl (C=O) groups excluding carboxylic acids is 1. The van der Waals surface area contributed by atoms with Gasteiger partial charge in [0.25, 0.3) is 5.56 Å². The van der Waals surface area contributed by atoms with Gasteiger partial charge in [0.05, 0.1) is 39.9 Å². The molecule has 0 radical (unpaired) electrons. The number of aromatic nitrogens is 3. The van der Waals surface area contributed by atoms with Gasteiger partial charge >= 0.3 is 5.97 Å². The third-order valence-corrected chi connectivity index (χ3v) is 8.62. The number of aromatic amines is 2. The number of methoxy groups -OCH3 is 1. The predicted molar refractivity (Wildman–Crippen MR) is 158 cm³/mol. The van der Waals surface area contributed by atoms with Crippen LogP contribution < -0.4 is 10.9 Å². The maximum Gasteiger partial charge on any atom is 0.337 e. The highest BCUT2D eigenvalue weighted by atomic mass is 35.5.